The zero-order valence-electron chi connectivity index (χ0n) is 9.58. The summed E-state index contributed by atoms with van der Waals surface area (Å²) in [5.74, 6) is 0.431. The van der Waals surface area contributed by atoms with E-state index in [1.54, 1.807) is 0 Å². The summed E-state index contributed by atoms with van der Waals surface area (Å²) in [6.45, 7) is 0. The van der Waals surface area contributed by atoms with E-state index in [4.69, 9.17) is 0 Å². The zero-order chi connectivity index (χ0) is 12.8. The minimum Gasteiger partial charge on any atom is -0.254 e. The molecule has 0 N–H and O–H groups in total. The zero-order valence-corrected chi connectivity index (χ0v) is 11.2. The van der Waals surface area contributed by atoms with Crippen LogP contribution in [-0.2, 0) is 16.6 Å². The minimum absolute atomic E-state index is 0.431. The third kappa shape index (κ3) is 3.20. The summed E-state index contributed by atoms with van der Waals surface area (Å²) in [4.78, 5) is 4.80. The number of hydrogen-bond acceptors (Lipinski definition) is 3. The van der Waals surface area contributed by atoms with Crippen LogP contribution < -0.4 is 0 Å². The highest BCUT2D eigenvalue weighted by Gasteiger charge is 2.07. The lowest BCUT2D eigenvalue weighted by Gasteiger charge is -2.04. The molecule has 0 aromatic heterocycles. The van der Waals surface area contributed by atoms with Crippen LogP contribution in [0.3, 0.4) is 0 Å². The SMILES string of the molecule is O=S(Cc1ccccc1N=C=S)c1ccccc1. The summed E-state index contributed by atoms with van der Waals surface area (Å²) in [5, 5.41) is 2.35. The van der Waals surface area contributed by atoms with Gasteiger partial charge >= 0.3 is 0 Å². The van der Waals surface area contributed by atoms with E-state index in [-0.39, 0.29) is 0 Å². The lowest BCUT2D eigenvalue weighted by molar-refractivity contribution is 0.682. The monoisotopic (exact) mass is 273 g/mol. The Balaban J connectivity index is 2.25. The molecular formula is C14H11NOS2. The number of benzene rings is 2. The van der Waals surface area contributed by atoms with Crippen molar-refractivity contribution in [2.24, 2.45) is 4.99 Å². The second-order valence-corrected chi connectivity index (χ2v) is 5.27. The number of isothiocyanates is 1. The molecule has 0 fully saturated rings. The molecular weight excluding hydrogens is 262 g/mol. The standard InChI is InChI=1S/C14H11NOS2/c16-18(13-7-2-1-3-8-13)10-12-6-4-5-9-14(12)15-11-17/h1-9H,10H2. The maximum Gasteiger partial charge on any atom is 0.0780 e. The Hall–Kier alpha value is -1.61. The fraction of sp³-hybridized carbons (Fsp3) is 0.0714. The molecule has 0 heterocycles. The van der Waals surface area contributed by atoms with Crippen molar-refractivity contribution >= 4 is 33.9 Å². The molecule has 4 heteroatoms. The van der Waals surface area contributed by atoms with E-state index >= 15 is 0 Å². The molecule has 2 rings (SSSR count). The maximum atomic E-state index is 12.2. The fourth-order valence-electron chi connectivity index (χ4n) is 1.59. The highest BCUT2D eigenvalue weighted by Crippen LogP contribution is 2.21. The average molecular weight is 273 g/mol. The Morgan fingerprint density at radius 3 is 2.44 bits per heavy atom. The van der Waals surface area contributed by atoms with Gasteiger partial charge in [-0.05, 0) is 36.0 Å². The molecule has 90 valence electrons. The van der Waals surface area contributed by atoms with Gasteiger partial charge in [0.05, 0.1) is 27.4 Å². The molecule has 0 saturated carbocycles. The van der Waals surface area contributed by atoms with Crippen LogP contribution in [0, 0.1) is 0 Å². The van der Waals surface area contributed by atoms with Crippen LogP contribution in [0.2, 0.25) is 0 Å². The Morgan fingerprint density at radius 1 is 1.06 bits per heavy atom. The lowest BCUT2D eigenvalue weighted by Crippen LogP contribution is -1.96. The molecule has 2 aromatic rings. The molecule has 2 nitrogen and oxygen atoms in total. The van der Waals surface area contributed by atoms with E-state index in [0.29, 0.717) is 5.75 Å². The van der Waals surface area contributed by atoms with Crippen molar-refractivity contribution in [3.63, 3.8) is 0 Å². The van der Waals surface area contributed by atoms with E-state index in [0.717, 1.165) is 16.1 Å². The number of para-hydroxylation sites is 1. The van der Waals surface area contributed by atoms with Gasteiger partial charge in [0.15, 0.2) is 0 Å². The molecule has 0 saturated heterocycles. The first-order chi connectivity index (χ1) is 8.81. The third-order valence-corrected chi connectivity index (χ3v) is 3.91. The molecule has 0 radical (unpaired) electrons. The Morgan fingerprint density at radius 2 is 1.72 bits per heavy atom. The van der Waals surface area contributed by atoms with Crippen LogP contribution in [0.5, 0.6) is 0 Å². The van der Waals surface area contributed by atoms with Gasteiger partial charge in [-0.25, -0.2) is 0 Å². The molecule has 18 heavy (non-hydrogen) atoms. The van der Waals surface area contributed by atoms with Crippen LogP contribution in [0.1, 0.15) is 5.56 Å². The molecule has 0 bridgehead atoms. The van der Waals surface area contributed by atoms with Gasteiger partial charge in [0, 0.05) is 4.90 Å². The molecule has 2 aromatic carbocycles. The van der Waals surface area contributed by atoms with Crippen LogP contribution in [0.25, 0.3) is 0 Å². The molecule has 0 spiro atoms. The van der Waals surface area contributed by atoms with Crippen molar-refractivity contribution in [3.05, 3.63) is 60.2 Å². The van der Waals surface area contributed by atoms with Crippen molar-refractivity contribution in [2.75, 3.05) is 0 Å². The van der Waals surface area contributed by atoms with Crippen molar-refractivity contribution in [2.45, 2.75) is 10.6 Å². The number of aliphatic imine (C=N–C) groups is 1. The van der Waals surface area contributed by atoms with Crippen LogP contribution >= 0.6 is 12.2 Å². The van der Waals surface area contributed by atoms with Crippen LogP contribution in [-0.4, -0.2) is 9.37 Å². The second-order valence-electron chi connectivity index (χ2n) is 3.63. The summed E-state index contributed by atoms with van der Waals surface area (Å²) in [7, 11) is -1.07. The van der Waals surface area contributed by atoms with Gasteiger partial charge in [-0.3, -0.25) is 4.21 Å². The smallest absolute Gasteiger partial charge is 0.0780 e. The summed E-state index contributed by atoms with van der Waals surface area (Å²) < 4.78 is 12.2. The molecule has 1 unspecified atom stereocenters. The highest BCUT2D eigenvalue weighted by atomic mass is 32.2. The molecule has 1 atom stereocenters. The van der Waals surface area contributed by atoms with Crippen molar-refractivity contribution in [1.82, 2.24) is 0 Å². The highest BCUT2D eigenvalue weighted by molar-refractivity contribution is 7.84. The van der Waals surface area contributed by atoms with Gasteiger partial charge in [0.25, 0.3) is 0 Å². The number of nitrogens with zero attached hydrogens (tertiary/aromatic N) is 1. The van der Waals surface area contributed by atoms with E-state index in [2.05, 4.69) is 22.4 Å². The van der Waals surface area contributed by atoms with Crippen LogP contribution in [0.4, 0.5) is 5.69 Å². The topological polar surface area (TPSA) is 29.4 Å². The third-order valence-electron chi connectivity index (χ3n) is 2.45. The Labute approximate surface area is 114 Å². The van der Waals surface area contributed by atoms with Gasteiger partial charge in [0.1, 0.15) is 0 Å². The molecule has 0 amide bonds. The van der Waals surface area contributed by atoms with Gasteiger partial charge < -0.3 is 0 Å². The first-order valence-corrected chi connectivity index (χ1v) is 7.13. The summed E-state index contributed by atoms with van der Waals surface area (Å²) in [5.41, 5.74) is 1.65. The fourth-order valence-corrected chi connectivity index (χ4v) is 2.84. The first-order valence-electron chi connectivity index (χ1n) is 5.40. The predicted octanol–water partition coefficient (Wildman–Crippen LogP) is 3.73. The summed E-state index contributed by atoms with van der Waals surface area (Å²) in [6.07, 6.45) is 0. The molecule has 0 aliphatic heterocycles. The first kappa shape index (κ1) is 12.8. The van der Waals surface area contributed by atoms with Gasteiger partial charge in [-0.2, -0.15) is 4.99 Å². The number of hydrogen-bond donors (Lipinski definition) is 0. The van der Waals surface area contributed by atoms with Crippen LogP contribution in [0.15, 0.2) is 64.5 Å². The largest absolute Gasteiger partial charge is 0.254 e. The average Bonchev–Trinajstić information content (AvgIpc) is 2.42. The van der Waals surface area contributed by atoms with E-state index in [1.807, 2.05) is 54.6 Å². The van der Waals surface area contributed by atoms with Gasteiger partial charge in [-0.15, -0.1) is 0 Å². The molecule has 0 aliphatic carbocycles. The molecule has 0 aliphatic rings. The van der Waals surface area contributed by atoms with Gasteiger partial charge in [0.2, 0.25) is 0 Å². The van der Waals surface area contributed by atoms with E-state index in [9.17, 15) is 4.21 Å². The normalized spacial score (nSPS) is 11.6. The summed E-state index contributed by atoms with van der Waals surface area (Å²) >= 11 is 4.61. The maximum absolute atomic E-state index is 12.2. The second kappa shape index (κ2) is 6.36. The van der Waals surface area contributed by atoms with E-state index in [1.165, 1.54) is 0 Å². The van der Waals surface area contributed by atoms with E-state index < -0.39 is 10.8 Å². The minimum atomic E-state index is -1.07. The van der Waals surface area contributed by atoms with Crippen molar-refractivity contribution < 1.29 is 4.21 Å². The number of thiocarbonyl (C=S) groups is 1. The Bertz CT molecular complexity index is 604. The Kier molecular flexibility index (Phi) is 4.53. The summed E-state index contributed by atoms with van der Waals surface area (Å²) in [6, 6.07) is 16.9. The van der Waals surface area contributed by atoms with Crippen molar-refractivity contribution in [3.8, 4) is 0 Å². The van der Waals surface area contributed by atoms with Gasteiger partial charge in [-0.1, -0.05) is 36.4 Å². The van der Waals surface area contributed by atoms with Crippen molar-refractivity contribution in [1.29, 1.82) is 0 Å². The lowest BCUT2D eigenvalue weighted by atomic mass is 10.2. The predicted molar refractivity (Wildman–Crippen MR) is 77.7 cm³/mol. The quantitative estimate of drug-likeness (QED) is 0.627. The number of rotatable bonds is 4.